The van der Waals surface area contributed by atoms with Crippen LogP contribution in [0, 0.1) is 12.3 Å². The molecule has 0 saturated heterocycles. The first-order valence-electron chi connectivity index (χ1n) is 5.80. The molecular formula is C12H18N2O2S. The summed E-state index contributed by atoms with van der Waals surface area (Å²) in [6, 6.07) is 2.09. The molecule has 1 heterocycles. The highest BCUT2D eigenvalue weighted by Crippen LogP contribution is 2.51. The molecule has 4 nitrogen and oxygen atoms in total. The largest absolute Gasteiger partial charge is 0.481 e. The van der Waals surface area contributed by atoms with Crippen LogP contribution in [0.5, 0.6) is 0 Å². The highest BCUT2D eigenvalue weighted by molar-refractivity contribution is 7.98. The quantitative estimate of drug-likeness (QED) is 0.845. The van der Waals surface area contributed by atoms with Crippen molar-refractivity contribution in [2.45, 2.75) is 31.9 Å². The molecule has 0 aromatic carbocycles. The molecule has 0 amide bonds. The Labute approximate surface area is 105 Å². The van der Waals surface area contributed by atoms with Crippen molar-refractivity contribution < 1.29 is 9.90 Å². The van der Waals surface area contributed by atoms with Crippen molar-refractivity contribution in [2.24, 2.45) is 12.5 Å². The summed E-state index contributed by atoms with van der Waals surface area (Å²) in [6.07, 6.45) is 2.46. The zero-order valence-corrected chi connectivity index (χ0v) is 11.1. The zero-order valence-electron chi connectivity index (χ0n) is 10.3. The lowest BCUT2D eigenvalue weighted by Gasteiger charge is -2.11. The maximum atomic E-state index is 10.7. The predicted octanol–water partition coefficient (Wildman–Crippen LogP) is 2.22. The van der Waals surface area contributed by atoms with E-state index in [1.807, 2.05) is 30.4 Å². The lowest BCUT2D eigenvalue weighted by molar-refractivity contribution is -0.138. The number of carboxylic acid groups (broad SMARTS) is 1. The minimum atomic E-state index is -0.667. The van der Waals surface area contributed by atoms with Crippen LogP contribution in [0.3, 0.4) is 0 Å². The van der Waals surface area contributed by atoms with E-state index in [4.69, 9.17) is 5.11 Å². The summed E-state index contributed by atoms with van der Waals surface area (Å²) < 4.78 is 1.90. The van der Waals surface area contributed by atoms with E-state index in [9.17, 15) is 4.79 Å². The topological polar surface area (TPSA) is 55.1 Å². The highest BCUT2D eigenvalue weighted by Gasteiger charge is 2.44. The van der Waals surface area contributed by atoms with Crippen LogP contribution in [0.25, 0.3) is 0 Å². The van der Waals surface area contributed by atoms with Gasteiger partial charge in [-0.3, -0.25) is 9.48 Å². The Morgan fingerprint density at radius 1 is 1.65 bits per heavy atom. The van der Waals surface area contributed by atoms with Crippen LogP contribution in [0.1, 0.15) is 30.7 Å². The average molecular weight is 254 g/mol. The van der Waals surface area contributed by atoms with Gasteiger partial charge >= 0.3 is 5.97 Å². The van der Waals surface area contributed by atoms with Gasteiger partial charge in [0.25, 0.3) is 0 Å². The Kier molecular flexibility index (Phi) is 3.47. The van der Waals surface area contributed by atoms with Gasteiger partial charge in [-0.2, -0.15) is 16.9 Å². The fourth-order valence-corrected chi connectivity index (χ4v) is 3.45. The van der Waals surface area contributed by atoms with Crippen LogP contribution < -0.4 is 0 Å². The average Bonchev–Trinajstić information content (AvgIpc) is 2.87. The molecule has 1 aromatic rings. The van der Waals surface area contributed by atoms with Gasteiger partial charge in [0.05, 0.1) is 12.1 Å². The van der Waals surface area contributed by atoms with Crippen molar-refractivity contribution in [3.63, 3.8) is 0 Å². The molecule has 94 valence electrons. The zero-order chi connectivity index (χ0) is 12.5. The molecule has 2 rings (SSSR count). The maximum absolute atomic E-state index is 10.7. The van der Waals surface area contributed by atoms with Crippen LogP contribution in [0.2, 0.25) is 0 Å². The molecule has 0 atom stereocenters. The Morgan fingerprint density at radius 2 is 2.35 bits per heavy atom. The minimum Gasteiger partial charge on any atom is -0.481 e. The number of aromatic nitrogens is 2. The number of carbonyl (C=O) groups is 1. The van der Waals surface area contributed by atoms with Crippen LogP contribution in [-0.2, 0) is 17.6 Å². The third-order valence-corrected chi connectivity index (χ3v) is 4.56. The molecule has 1 aromatic heterocycles. The van der Waals surface area contributed by atoms with Gasteiger partial charge in [-0.05, 0) is 37.0 Å². The van der Waals surface area contributed by atoms with Gasteiger partial charge in [-0.15, -0.1) is 0 Å². The third kappa shape index (κ3) is 3.25. The van der Waals surface area contributed by atoms with Gasteiger partial charge < -0.3 is 5.11 Å². The predicted molar refractivity (Wildman–Crippen MR) is 68.0 cm³/mol. The lowest BCUT2D eigenvalue weighted by Crippen LogP contribution is -2.11. The number of aryl methyl sites for hydroxylation is 2. The summed E-state index contributed by atoms with van der Waals surface area (Å²) in [5, 5.41) is 13.1. The van der Waals surface area contributed by atoms with E-state index < -0.39 is 5.97 Å². The second-order valence-electron chi connectivity index (χ2n) is 4.96. The molecule has 1 aliphatic carbocycles. The molecule has 5 heteroatoms. The first-order valence-corrected chi connectivity index (χ1v) is 6.95. The molecule has 0 radical (unpaired) electrons. The van der Waals surface area contributed by atoms with Crippen LogP contribution in [0.4, 0.5) is 0 Å². The van der Waals surface area contributed by atoms with Gasteiger partial charge in [0, 0.05) is 18.5 Å². The fourth-order valence-electron chi connectivity index (χ4n) is 2.04. The summed E-state index contributed by atoms with van der Waals surface area (Å²) >= 11 is 1.82. The Morgan fingerprint density at radius 3 is 2.82 bits per heavy atom. The second kappa shape index (κ2) is 4.72. The highest BCUT2D eigenvalue weighted by atomic mass is 32.2. The summed E-state index contributed by atoms with van der Waals surface area (Å²) in [5.74, 6) is 1.20. The maximum Gasteiger partial charge on any atom is 0.303 e. The van der Waals surface area contributed by atoms with E-state index >= 15 is 0 Å². The van der Waals surface area contributed by atoms with Crippen molar-refractivity contribution >= 4 is 17.7 Å². The number of carboxylic acids is 1. The standard InChI is InChI=1S/C12H18N2O2S/c1-9-5-10(14(2)13-9)7-17-8-12(3-4-12)6-11(15)16/h5H,3-4,6-8H2,1-2H3,(H,15,16). The van der Waals surface area contributed by atoms with E-state index in [0.29, 0.717) is 6.42 Å². The first-order chi connectivity index (χ1) is 8.01. The van der Waals surface area contributed by atoms with Gasteiger partial charge in [0.15, 0.2) is 0 Å². The number of thioether (sulfide) groups is 1. The number of aliphatic carboxylic acids is 1. The van der Waals surface area contributed by atoms with Gasteiger partial charge in [-0.25, -0.2) is 0 Å². The van der Waals surface area contributed by atoms with E-state index in [1.54, 1.807) is 0 Å². The van der Waals surface area contributed by atoms with Crippen molar-refractivity contribution in [3.05, 3.63) is 17.5 Å². The molecule has 0 bridgehead atoms. The molecule has 0 aliphatic heterocycles. The summed E-state index contributed by atoms with van der Waals surface area (Å²) in [4.78, 5) is 10.7. The first kappa shape index (κ1) is 12.5. The monoisotopic (exact) mass is 254 g/mol. The van der Waals surface area contributed by atoms with Gasteiger partial charge in [0.2, 0.25) is 0 Å². The SMILES string of the molecule is Cc1cc(CSCC2(CC(=O)O)CC2)n(C)n1. The third-order valence-electron chi connectivity index (χ3n) is 3.24. The number of rotatable bonds is 6. The van der Waals surface area contributed by atoms with Crippen molar-refractivity contribution in [2.75, 3.05) is 5.75 Å². The summed E-state index contributed by atoms with van der Waals surface area (Å²) in [7, 11) is 1.95. The molecule has 0 spiro atoms. The van der Waals surface area contributed by atoms with Crippen molar-refractivity contribution in [1.82, 2.24) is 9.78 Å². The molecule has 17 heavy (non-hydrogen) atoms. The minimum absolute atomic E-state index is 0.0874. The fraction of sp³-hybridized carbons (Fsp3) is 0.667. The molecule has 1 aliphatic rings. The number of nitrogens with zero attached hydrogens (tertiary/aromatic N) is 2. The Hall–Kier alpha value is -0.970. The number of hydrogen-bond acceptors (Lipinski definition) is 3. The summed E-state index contributed by atoms with van der Waals surface area (Å²) in [6.45, 7) is 1.99. The van der Waals surface area contributed by atoms with Crippen molar-refractivity contribution in [1.29, 1.82) is 0 Å². The summed E-state index contributed by atoms with van der Waals surface area (Å²) in [5.41, 5.74) is 2.33. The van der Waals surface area contributed by atoms with Crippen LogP contribution in [-0.4, -0.2) is 26.6 Å². The smallest absolute Gasteiger partial charge is 0.303 e. The number of hydrogen-bond donors (Lipinski definition) is 1. The molecule has 1 fully saturated rings. The molecule has 1 saturated carbocycles. The van der Waals surface area contributed by atoms with E-state index in [2.05, 4.69) is 11.2 Å². The van der Waals surface area contributed by atoms with Gasteiger partial charge in [-0.1, -0.05) is 0 Å². The van der Waals surface area contributed by atoms with Crippen LogP contribution in [0.15, 0.2) is 6.07 Å². The van der Waals surface area contributed by atoms with E-state index in [-0.39, 0.29) is 5.41 Å². The lowest BCUT2D eigenvalue weighted by atomic mass is 10.1. The second-order valence-corrected chi connectivity index (χ2v) is 5.95. The van der Waals surface area contributed by atoms with Gasteiger partial charge in [0.1, 0.15) is 0 Å². The molecule has 1 N–H and O–H groups in total. The van der Waals surface area contributed by atoms with Crippen LogP contribution >= 0.6 is 11.8 Å². The Balaban J connectivity index is 1.80. The van der Waals surface area contributed by atoms with Crippen molar-refractivity contribution in [3.8, 4) is 0 Å². The molecule has 0 unspecified atom stereocenters. The normalized spacial score (nSPS) is 17.1. The molecular weight excluding hydrogens is 236 g/mol. The van der Waals surface area contributed by atoms with E-state index in [1.165, 1.54) is 5.69 Å². The Bertz CT molecular complexity index is 424. The van der Waals surface area contributed by atoms with E-state index in [0.717, 1.165) is 30.0 Å².